The van der Waals surface area contributed by atoms with Crippen molar-refractivity contribution in [1.82, 2.24) is 9.55 Å². The summed E-state index contributed by atoms with van der Waals surface area (Å²) in [5.41, 5.74) is 3.28. The summed E-state index contributed by atoms with van der Waals surface area (Å²) < 4.78 is 8.76. The lowest BCUT2D eigenvalue weighted by molar-refractivity contribution is 0.210. The van der Waals surface area contributed by atoms with Crippen LogP contribution in [0.1, 0.15) is 5.56 Å². The Morgan fingerprint density at radius 2 is 2.14 bits per heavy atom. The zero-order chi connectivity index (χ0) is 14.4. The zero-order valence-corrected chi connectivity index (χ0v) is 12.7. The van der Waals surface area contributed by atoms with Crippen LogP contribution in [0.4, 0.5) is 0 Å². The SMILES string of the molecule is S=c1[nH]c2ccc(Cl)cc2n1CC1Cc2ccccc2O1. The van der Waals surface area contributed by atoms with Gasteiger partial charge in [0.05, 0.1) is 17.6 Å². The molecule has 0 aliphatic carbocycles. The minimum atomic E-state index is 0.104. The fourth-order valence-electron chi connectivity index (χ4n) is 2.87. The molecule has 0 saturated carbocycles. The number of fused-ring (bicyclic) bond motifs is 2. The standard InChI is InChI=1S/C16H13ClN2OS/c17-11-5-6-13-14(8-11)19(16(21)18-13)9-12-7-10-3-1-2-4-15(10)20-12/h1-6,8,12H,7,9H2,(H,18,21). The minimum absolute atomic E-state index is 0.104. The summed E-state index contributed by atoms with van der Waals surface area (Å²) >= 11 is 11.5. The number of nitrogens with zero attached hydrogens (tertiary/aromatic N) is 1. The molecular formula is C16H13ClN2OS. The molecule has 1 N–H and O–H groups in total. The normalized spacial score (nSPS) is 16.9. The number of H-pyrrole nitrogens is 1. The molecule has 4 rings (SSSR count). The molecule has 5 heteroatoms. The molecule has 2 heterocycles. The minimum Gasteiger partial charge on any atom is -0.488 e. The van der Waals surface area contributed by atoms with Crippen molar-refractivity contribution in [1.29, 1.82) is 0 Å². The number of hydrogen-bond acceptors (Lipinski definition) is 2. The van der Waals surface area contributed by atoms with Gasteiger partial charge in [-0.15, -0.1) is 0 Å². The van der Waals surface area contributed by atoms with Crippen LogP contribution in [0.5, 0.6) is 5.75 Å². The van der Waals surface area contributed by atoms with Crippen molar-refractivity contribution in [2.24, 2.45) is 0 Å². The Bertz CT molecular complexity index is 858. The Morgan fingerprint density at radius 3 is 3.00 bits per heavy atom. The summed E-state index contributed by atoms with van der Waals surface area (Å²) in [6, 6.07) is 13.9. The number of halogens is 1. The van der Waals surface area contributed by atoms with Gasteiger partial charge in [-0.2, -0.15) is 0 Å². The number of rotatable bonds is 2. The van der Waals surface area contributed by atoms with Crippen molar-refractivity contribution in [3.8, 4) is 5.75 Å². The Kier molecular flexibility index (Phi) is 3.01. The predicted octanol–water partition coefficient (Wildman–Crippen LogP) is 4.36. The van der Waals surface area contributed by atoms with Crippen molar-refractivity contribution in [2.45, 2.75) is 19.1 Å². The third-order valence-corrected chi connectivity index (χ3v) is 4.39. The maximum atomic E-state index is 6.10. The molecule has 2 aromatic carbocycles. The quantitative estimate of drug-likeness (QED) is 0.712. The molecule has 0 radical (unpaired) electrons. The maximum absolute atomic E-state index is 6.10. The van der Waals surface area contributed by atoms with Crippen molar-refractivity contribution in [2.75, 3.05) is 0 Å². The Morgan fingerprint density at radius 1 is 1.29 bits per heavy atom. The largest absolute Gasteiger partial charge is 0.488 e. The van der Waals surface area contributed by atoms with Crippen LogP contribution in [-0.2, 0) is 13.0 Å². The van der Waals surface area contributed by atoms with E-state index in [1.54, 1.807) is 0 Å². The van der Waals surface area contributed by atoms with Crippen LogP contribution in [0.15, 0.2) is 42.5 Å². The highest BCUT2D eigenvalue weighted by Crippen LogP contribution is 2.29. The molecule has 3 aromatic rings. The van der Waals surface area contributed by atoms with Crippen LogP contribution in [0.25, 0.3) is 11.0 Å². The number of imidazole rings is 1. The summed E-state index contributed by atoms with van der Waals surface area (Å²) in [5, 5.41) is 0.709. The summed E-state index contributed by atoms with van der Waals surface area (Å²) in [5.74, 6) is 0.979. The molecule has 21 heavy (non-hydrogen) atoms. The lowest BCUT2D eigenvalue weighted by Gasteiger charge is -2.12. The first-order chi connectivity index (χ1) is 10.2. The fraction of sp³-hybridized carbons (Fsp3) is 0.188. The lowest BCUT2D eigenvalue weighted by Crippen LogP contribution is -2.20. The molecular weight excluding hydrogens is 304 g/mol. The van der Waals surface area contributed by atoms with Gasteiger partial charge in [0.25, 0.3) is 0 Å². The maximum Gasteiger partial charge on any atom is 0.178 e. The average molecular weight is 317 g/mol. The number of ether oxygens (including phenoxy) is 1. The molecule has 1 unspecified atom stereocenters. The molecule has 1 atom stereocenters. The Balaban J connectivity index is 1.68. The van der Waals surface area contributed by atoms with Crippen molar-refractivity contribution in [3.05, 3.63) is 57.8 Å². The third-order valence-electron chi connectivity index (χ3n) is 3.84. The highest BCUT2D eigenvalue weighted by atomic mass is 35.5. The summed E-state index contributed by atoms with van der Waals surface area (Å²) in [7, 11) is 0. The van der Waals surface area contributed by atoms with E-state index < -0.39 is 0 Å². The van der Waals surface area contributed by atoms with Crippen LogP contribution < -0.4 is 4.74 Å². The van der Waals surface area contributed by atoms with E-state index in [1.165, 1.54) is 5.56 Å². The van der Waals surface area contributed by atoms with E-state index in [2.05, 4.69) is 15.6 Å². The van der Waals surface area contributed by atoms with Gasteiger partial charge in [-0.1, -0.05) is 29.8 Å². The molecule has 1 aromatic heterocycles. The van der Waals surface area contributed by atoms with Gasteiger partial charge in [0.2, 0.25) is 0 Å². The van der Waals surface area contributed by atoms with Crippen LogP contribution in [0, 0.1) is 4.77 Å². The second-order valence-corrected chi connectivity index (χ2v) is 6.08. The zero-order valence-electron chi connectivity index (χ0n) is 11.2. The molecule has 1 aliphatic heterocycles. The summed E-state index contributed by atoms with van der Waals surface area (Å²) in [4.78, 5) is 3.21. The first kappa shape index (κ1) is 12.9. The van der Waals surface area contributed by atoms with Gasteiger partial charge < -0.3 is 14.3 Å². The van der Waals surface area contributed by atoms with Crippen molar-refractivity contribution < 1.29 is 4.74 Å². The number of aromatic amines is 1. The van der Waals surface area contributed by atoms with E-state index in [0.29, 0.717) is 16.3 Å². The molecule has 1 aliphatic rings. The number of para-hydroxylation sites is 1. The molecule has 0 spiro atoms. The van der Waals surface area contributed by atoms with Crippen LogP contribution >= 0.6 is 23.8 Å². The first-order valence-electron chi connectivity index (χ1n) is 6.83. The topological polar surface area (TPSA) is 29.9 Å². The fourth-order valence-corrected chi connectivity index (χ4v) is 3.32. The van der Waals surface area contributed by atoms with Crippen molar-refractivity contribution in [3.63, 3.8) is 0 Å². The molecule has 0 fully saturated rings. The van der Waals surface area contributed by atoms with E-state index in [9.17, 15) is 0 Å². The highest BCUT2D eigenvalue weighted by molar-refractivity contribution is 7.71. The smallest absolute Gasteiger partial charge is 0.178 e. The summed E-state index contributed by atoms with van der Waals surface area (Å²) in [6.07, 6.45) is 1.01. The van der Waals surface area contributed by atoms with E-state index in [4.69, 9.17) is 28.6 Å². The van der Waals surface area contributed by atoms with Gasteiger partial charge in [-0.3, -0.25) is 0 Å². The van der Waals surface area contributed by atoms with E-state index in [0.717, 1.165) is 23.2 Å². The molecule has 0 saturated heterocycles. The first-order valence-corrected chi connectivity index (χ1v) is 7.62. The van der Waals surface area contributed by atoms with E-state index in [1.807, 2.05) is 36.4 Å². The van der Waals surface area contributed by atoms with Gasteiger partial charge in [0.1, 0.15) is 11.9 Å². The van der Waals surface area contributed by atoms with Crippen LogP contribution in [0.3, 0.4) is 0 Å². The Labute approximate surface area is 132 Å². The monoisotopic (exact) mass is 316 g/mol. The molecule has 106 valence electrons. The lowest BCUT2D eigenvalue weighted by atomic mass is 10.1. The van der Waals surface area contributed by atoms with Gasteiger partial charge in [0.15, 0.2) is 4.77 Å². The number of aromatic nitrogens is 2. The summed E-state index contributed by atoms with van der Waals surface area (Å²) in [6.45, 7) is 0.716. The van der Waals surface area contributed by atoms with Crippen LogP contribution in [0.2, 0.25) is 5.02 Å². The van der Waals surface area contributed by atoms with Gasteiger partial charge in [-0.25, -0.2) is 0 Å². The number of hydrogen-bond donors (Lipinski definition) is 1. The van der Waals surface area contributed by atoms with Gasteiger partial charge in [-0.05, 0) is 42.0 Å². The highest BCUT2D eigenvalue weighted by Gasteiger charge is 2.23. The second-order valence-electron chi connectivity index (χ2n) is 5.25. The molecule has 0 bridgehead atoms. The van der Waals surface area contributed by atoms with E-state index >= 15 is 0 Å². The van der Waals surface area contributed by atoms with Crippen LogP contribution in [-0.4, -0.2) is 15.7 Å². The van der Waals surface area contributed by atoms with Gasteiger partial charge >= 0.3 is 0 Å². The van der Waals surface area contributed by atoms with Crippen molar-refractivity contribution >= 4 is 34.9 Å². The number of benzene rings is 2. The number of nitrogens with one attached hydrogen (secondary N) is 1. The molecule has 0 amide bonds. The van der Waals surface area contributed by atoms with E-state index in [-0.39, 0.29) is 6.10 Å². The predicted molar refractivity (Wildman–Crippen MR) is 86.7 cm³/mol. The Hall–Kier alpha value is -1.78. The third kappa shape index (κ3) is 2.24. The molecule has 3 nitrogen and oxygen atoms in total. The second kappa shape index (κ2) is 4.90. The average Bonchev–Trinajstić information content (AvgIpc) is 3.01. The van der Waals surface area contributed by atoms with Gasteiger partial charge in [0, 0.05) is 11.4 Å².